The molecule has 184 valence electrons. The van der Waals surface area contributed by atoms with Gasteiger partial charge in [0.15, 0.2) is 0 Å². The molecule has 9 heteroatoms. The number of fused-ring (bicyclic) bond motifs is 1. The quantitative estimate of drug-likeness (QED) is 0.478. The highest BCUT2D eigenvalue weighted by molar-refractivity contribution is 7.89. The molecule has 35 heavy (non-hydrogen) atoms. The summed E-state index contributed by atoms with van der Waals surface area (Å²) in [5, 5.41) is 9.17. The van der Waals surface area contributed by atoms with Gasteiger partial charge < -0.3 is 9.30 Å². The monoisotopic (exact) mass is 494 g/mol. The van der Waals surface area contributed by atoms with Crippen molar-refractivity contribution in [3.63, 3.8) is 0 Å². The van der Waals surface area contributed by atoms with Gasteiger partial charge in [0, 0.05) is 20.1 Å². The number of hydrogen-bond acceptors (Lipinski definition) is 6. The average Bonchev–Trinajstić information content (AvgIpc) is 3.45. The summed E-state index contributed by atoms with van der Waals surface area (Å²) in [6, 6.07) is 14.1. The van der Waals surface area contributed by atoms with Crippen LogP contribution in [0.2, 0.25) is 0 Å². The van der Waals surface area contributed by atoms with Gasteiger partial charge in [-0.05, 0) is 69.5 Å². The Hall–Kier alpha value is -3.22. The van der Waals surface area contributed by atoms with Crippen molar-refractivity contribution in [1.82, 2.24) is 13.9 Å². The number of benzene rings is 2. The molecule has 0 amide bonds. The normalized spacial score (nSPS) is 15.7. The smallest absolute Gasteiger partial charge is 0.307 e. The summed E-state index contributed by atoms with van der Waals surface area (Å²) in [7, 11) is -1.72. The summed E-state index contributed by atoms with van der Waals surface area (Å²) < 4.78 is 35.1. The van der Waals surface area contributed by atoms with Crippen molar-refractivity contribution in [3.05, 3.63) is 59.4 Å². The van der Waals surface area contributed by atoms with Crippen LogP contribution in [0, 0.1) is 11.3 Å². The van der Waals surface area contributed by atoms with E-state index >= 15 is 0 Å². The van der Waals surface area contributed by atoms with Gasteiger partial charge in [0.1, 0.15) is 11.4 Å². The number of nitrogens with zero attached hydrogens (tertiary/aromatic N) is 4. The van der Waals surface area contributed by atoms with Crippen molar-refractivity contribution in [2.24, 2.45) is 7.05 Å². The summed E-state index contributed by atoms with van der Waals surface area (Å²) in [6.07, 6.45) is 1.79. The molecule has 1 saturated heterocycles. The van der Waals surface area contributed by atoms with Crippen LogP contribution in [0.15, 0.2) is 47.4 Å². The molecule has 1 atom stereocenters. The minimum Gasteiger partial charge on any atom is -0.460 e. The third-order valence-corrected chi connectivity index (χ3v) is 8.03. The van der Waals surface area contributed by atoms with Gasteiger partial charge in [-0.3, -0.25) is 4.79 Å². The number of carbonyl (C=O) groups excluding carboxylic acids is 1. The molecule has 4 rings (SSSR count). The maximum absolute atomic E-state index is 13.1. The molecular formula is C26H30N4O4S. The number of sulfonamides is 1. The van der Waals surface area contributed by atoms with Crippen LogP contribution in [-0.2, 0) is 26.6 Å². The molecule has 0 bridgehead atoms. The molecule has 2 aromatic carbocycles. The number of hydrogen-bond donors (Lipinski definition) is 0. The largest absolute Gasteiger partial charge is 0.460 e. The zero-order chi connectivity index (χ0) is 25.4. The molecule has 1 unspecified atom stereocenters. The number of esters is 1. The SMILES string of the molecule is Cn1c(C(CC(=O)OC(C)(C)C)c2ccc(C#N)cc2)nc2cc(S(=O)(=O)N3CCCC3)ccc21. The Morgan fingerprint density at radius 1 is 1.14 bits per heavy atom. The molecule has 0 radical (unpaired) electrons. The molecule has 0 spiro atoms. The first kappa shape index (κ1) is 24.9. The van der Waals surface area contributed by atoms with Crippen molar-refractivity contribution in [2.45, 2.75) is 56.4 Å². The van der Waals surface area contributed by atoms with Crippen LogP contribution in [0.3, 0.4) is 0 Å². The molecule has 3 aromatic rings. The number of rotatable bonds is 6. The second-order valence-corrected chi connectivity index (χ2v) is 11.8. The summed E-state index contributed by atoms with van der Waals surface area (Å²) in [5.41, 5.74) is 2.02. The maximum atomic E-state index is 13.1. The lowest BCUT2D eigenvalue weighted by molar-refractivity contribution is -0.155. The first-order chi connectivity index (χ1) is 16.5. The molecule has 8 nitrogen and oxygen atoms in total. The first-order valence-corrected chi connectivity index (χ1v) is 13.1. The lowest BCUT2D eigenvalue weighted by Crippen LogP contribution is -2.27. The van der Waals surface area contributed by atoms with E-state index in [9.17, 15) is 18.5 Å². The van der Waals surface area contributed by atoms with Gasteiger partial charge in [0.05, 0.1) is 39.9 Å². The predicted molar refractivity (Wildman–Crippen MR) is 132 cm³/mol. The number of aryl methyl sites for hydroxylation is 1. The summed E-state index contributed by atoms with van der Waals surface area (Å²) >= 11 is 0. The van der Waals surface area contributed by atoms with E-state index < -0.39 is 21.5 Å². The Kier molecular flexibility index (Phi) is 6.71. The van der Waals surface area contributed by atoms with Gasteiger partial charge >= 0.3 is 5.97 Å². The zero-order valence-corrected chi connectivity index (χ0v) is 21.3. The molecule has 1 aliphatic heterocycles. The van der Waals surface area contributed by atoms with Crippen molar-refractivity contribution < 1.29 is 17.9 Å². The van der Waals surface area contributed by atoms with Crippen LogP contribution >= 0.6 is 0 Å². The fourth-order valence-corrected chi connectivity index (χ4v) is 5.98. The lowest BCUT2D eigenvalue weighted by atomic mass is 9.94. The highest BCUT2D eigenvalue weighted by atomic mass is 32.2. The maximum Gasteiger partial charge on any atom is 0.307 e. The van der Waals surface area contributed by atoms with Gasteiger partial charge in [-0.1, -0.05) is 12.1 Å². The highest BCUT2D eigenvalue weighted by Gasteiger charge is 2.30. The van der Waals surface area contributed by atoms with E-state index in [1.807, 2.05) is 44.5 Å². The Morgan fingerprint density at radius 2 is 1.80 bits per heavy atom. The van der Waals surface area contributed by atoms with E-state index in [1.54, 1.807) is 30.3 Å². The molecule has 0 saturated carbocycles. The zero-order valence-electron chi connectivity index (χ0n) is 20.5. The summed E-state index contributed by atoms with van der Waals surface area (Å²) in [6.45, 7) is 6.52. The standard InChI is InChI=1S/C26H30N4O4S/c1-26(2,3)34-24(31)16-21(19-9-7-18(17-27)8-10-19)25-28-22-15-20(11-12-23(22)29(25)4)35(32,33)30-13-5-6-14-30/h7-12,15,21H,5-6,13-14,16H2,1-4H3. The number of imidazole rings is 1. The second kappa shape index (κ2) is 9.44. The molecule has 1 fully saturated rings. The van der Waals surface area contributed by atoms with E-state index in [2.05, 4.69) is 6.07 Å². The summed E-state index contributed by atoms with van der Waals surface area (Å²) in [4.78, 5) is 17.8. The third-order valence-electron chi connectivity index (χ3n) is 6.13. The minimum atomic E-state index is -3.57. The summed E-state index contributed by atoms with van der Waals surface area (Å²) in [5.74, 6) is -0.184. The minimum absolute atomic E-state index is 0.0548. The molecule has 1 aromatic heterocycles. The van der Waals surface area contributed by atoms with Crippen LogP contribution < -0.4 is 0 Å². The molecule has 0 aliphatic carbocycles. The highest BCUT2D eigenvalue weighted by Crippen LogP contribution is 2.32. The topological polar surface area (TPSA) is 105 Å². The van der Waals surface area contributed by atoms with Gasteiger partial charge in [-0.2, -0.15) is 9.57 Å². The Labute approximate surface area is 206 Å². The van der Waals surface area contributed by atoms with Crippen molar-refractivity contribution in [2.75, 3.05) is 13.1 Å². The van der Waals surface area contributed by atoms with E-state index in [1.165, 1.54) is 4.31 Å². The van der Waals surface area contributed by atoms with Crippen molar-refractivity contribution >= 4 is 27.0 Å². The van der Waals surface area contributed by atoms with Crippen LogP contribution in [0.25, 0.3) is 11.0 Å². The average molecular weight is 495 g/mol. The molecule has 0 N–H and O–H groups in total. The molecular weight excluding hydrogens is 464 g/mol. The Balaban J connectivity index is 1.76. The molecule has 2 heterocycles. The van der Waals surface area contributed by atoms with Crippen LogP contribution in [0.4, 0.5) is 0 Å². The Bertz CT molecular complexity index is 1390. The van der Waals surface area contributed by atoms with Crippen LogP contribution in [0.1, 0.15) is 62.9 Å². The fraction of sp³-hybridized carbons (Fsp3) is 0.423. The third kappa shape index (κ3) is 5.24. The number of aromatic nitrogens is 2. The number of nitriles is 1. The Morgan fingerprint density at radius 3 is 2.40 bits per heavy atom. The van der Waals surface area contributed by atoms with Gasteiger partial charge in [-0.15, -0.1) is 0 Å². The van der Waals surface area contributed by atoms with Crippen LogP contribution in [0.5, 0.6) is 0 Å². The molecule has 1 aliphatic rings. The van der Waals surface area contributed by atoms with E-state index in [0.717, 1.165) is 23.9 Å². The number of ether oxygens (including phenoxy) is 1. The van der Waals surface area contributed by atoms with E-state index in [0.29, 0.717) is 30.0 Å². The second-order valence-electron chi connectivity index (χ2n) is 9.87. The number of carbonyl (C=O) groups is 1. The van der Waals surface area contributed by atoms with Gasteiger partial charge in [-0.25, -0.2) is 13.4 Å². The fourth-order valence-electron chi connectivity index (χ4n) is 4.45. The predicted octanol–water partition coefficient (Wildman–Crippen LogP) is 4.09. The van der Waals surface area contributed by atoms with Crippen LogP contribution in [-0.4, -0.2) is 46.9 Å². The van der Waals surface area contributed by atoms with Gasteiger partial charge in [0.2, 0.25) is 10.0 Å². The van der Waals surface area contributed by atoms with Crippen molar-refractivity contribution in [1.29, 1.82) is 5.26 Å². The van der Waals surface area contributed by atoms with Crippen molar-refractivity contribution in [3.8, 4) is 6.07 Å². The van der Waals surface area contributed by atoms with E-state index in [-0.39, 0.29) is 17.3 Å². The van der Waals surface area contributed by atoms with Gasteiger partial charge in [0.25, 0.3) is 0 Å². The first-order valence-electron chi connectivity index (χ1n) is 11.7. The lowest BCUT2D eigenvalue weighted by Gasteiger charge is -2.22. The van der Waals surface area contributed by atoms with E-state index in [4.69, 9.17) is 9.72 Å².